The van der Waals surface area contributed by atoms with Gasteiger partial charge in [0.1, 0.15) is 18.3 Å². The smallest absolute Gasteiger partial charge is 0.319 e. The van der Waals surface area contributed by atoms with Crippen LogP contribution in [-0.2, 0) is 9.53 Å². The van der Waals surface area contributed by atoms with Crippen molar-refractivity contribution >= 4 is 12.0 Å². The third kappa shape index (κ3) is 3.71. The van der Waals surface area contributed by atoms with Crippen LogP contribution in [-0.4, -0.2) is 25.2 Å². The molecule has 23 heavy (non-hydrogen) atoms. The number of carbonyl (C=O) groups excluding carboxylic acids is 2. The molecule has 1 aliphatic rings. The number of nitrogens with one attached hydrogen (secondary N) is 2. The fourth-order valence-electron chi connectivity index (χ4n) is 2.48. The van der Waals surface area contributed by atoms with E-state index in [1.54, 1.807) is 6.07 Å². The summed E-state index contributed by atoms with van der Waals surface area (Å²) in [5.74, 6) is -0.635. The minimum Gasteiger partial charge on any atom is -0.494 e. The van der Waals surface area contributed by atoms with Crippen molar-refractivity contribution in [2.45, 2.75) is 13.0 Å². The molecule has 2 N–H and O–H groups in total. The van der Waals surface area contributed by atoms with Crippen LogP contribution in [0.2, 0.25) is 0 Å². The average Bonchev–Trinajstić information content (AvgIpc) is 2.52. The number of ether oxygens (including phenoxy) is 2. The predicted molar refractivity (Wildman–Crippen MR) is 85.8 cm³/mol. The summed E-state index contributed by atoms with van der Waals surface area (Å²) in [4.78, 5) is 24.2. The van der Waals surface area contributed by atoms with Crippen molar-refractivity contribution in [3.63, 3.8) is 0 Å². The molecular weight excluding hydrogens is 296 g/mol. The molecule has 0 radical (unpaired) electrons. The molecule has 2 atom stereocenters. The number of carbonyl (C=O) groups is 2. The van der Waals surface area contributed by atoms with Crippen molar-refractivity contribution in [3.05, 3.63) is 54.8 Å². The van der Waals surface area contributed by atoms with Gasteiger partial charge in [-0.2, -0.15) is 0 Å². The summed E-state index contributed by atoms with van der Waals surface area (Å²) in [5.41, 5.74) is 0.991. The first-order valence-electron chi connectivity index (χ1n) is 7.34. The highest BCUT2D eigenvalue weighted by molar-refractivity contribution is 5.85. The monoisotopic (exact) mass is 316 g/mol. The van der Waals surface area contributed by atoms with Crippen LogP contribution in [0.3, 0.4) is 0 Å². The van der Waals surface area contributed by atoms with Gasteiger partial charge in [-0.1, -0.05) is 37.4 Å². The van der Waals surface area contributed by atoms with Gasteiger partial charge in [0.25, 0.3) is 0 Å². The third-order valence-corrected chi connectivity index (χ3v) is 3.42. The standard InChI is InChI=1S/C17H20N2O4/c1-4-10-23-16(20)14-11(3)18-17(21)19-15(14)12-8-6-7-9-13(12)22-5-2/h4,6-9,14-15H,1,3,5,10H2,2H3,(H2,18,19,21)/t14-,15+/m0/s1. The van der Waals surface area contributed by atoms with Crippen LogP contribution in [0, 0.1) is 5.92 Å². The number of para-hydroxylation sites is 1. The molecule has 0 aliphatic carbocycles. The summed E-state index contributed by atoms with van der Waals surface area (Å²) < 4.78 is 10.7. The maximum Gasteiger partial charge on any atom is 0.319 e. The number of hydrogen-bond donors (Lipinski definition) is 2. The van der Waals surface area contributed by atoms with Gasteiger partial charge in [-0.15, -0.1) is 0 Å². The summed E-state index contributed by atoms with van der Waals surface area (Å²) >= 11 is 0. The van der Waals surface area contributed by atoms with Crippen LogP contribution in [0.25, 0.3) is 0 Å². The van der Waals surface area contributed by atoms with E-state index >= 15 is 0 Å². The Hall–Kier alpha value is -2.76. The molecule has 1 aromatic rings. The number of benzene rings is 1. The first-order valence-corrected chi connectivity index (χ1v) is 7.34. The van der Waals surface area contributed by atoms with Gasteiger partial charge in [-0.05, 0) is 13.0 Å². The van der Waals surface area contributed by atoms with E-state index in [1.807, 2.05) is 25.1 Å². The molecule has 0 aromatic heterocycles. The molecule has 1 heterocycles. The van der Waals surface area contributed by atoms with Gasteiger partial charge in [0.05, 0.1) is 12.6 Å². The fourth-order valence-corrected chi connectivity index (χ4v) is 2.48. The Bertz CT molecular complexity index is 627. The Kier molecular flexibility index (Phi) is 5.41. The van der Waals surface area contributed by atoms with E-state index in [4.69, 9.17) is 9.47 Å². The molecule has 1 saturated heterocycles. The summed E-state index contributed by atoms with van der Waals surface area (Å²) in [5, 5.41) is 5.28. The lowest BCUT2D eigenvalue weighted by molar-refractivity contribution is -0.147. The molecule has 0 saturated carbocycles. The fraction of sp³-hybridized carbons (Fsp3) is 0.294. The predicted octanol–water partition coefficient (Wildman–Crippen LogP) is 2.30. The van der Waals surface area contributed by atoms with E-state index in [0.29, 0.717) is 23.6 Å². The molecule has 1 fully saturated rings. The van der Waals surface area contributed by atoms with Gasteiger partial charge in [0, 0.05) is 11.3 Å². The zero-order chi connectivity index (χ0) is 16.8. The molecule has 0 bridgehead atoms. The van der Waals surface area contributed by atoms with E-state index in [-0.39, 0.29) is 6.61 Å². The van der Waals surface area contributed by atoms with E-state index < -0.39 is 24.0 Å². The summed E-state index contributed by atoms with van der Waals surface area (Å²) in [7, 11) is 0. The molecule has 6 heteroatoms. The molecule has 0 spiro atoms. The van der Waals surface area contributed by atoms with Crippen molar-refractivity contribution in [1.29, 1.82) is 0 Å². The maximum atomic E-state index is 12.4. The average molecular weight is 316 g/mol. The summed E-state index contributed by atoms with van der Waals surface area (Å²) in [6.45, 7) is 9.74. The molecule has 2 rings (SSSR count). The summed E-state index contributed by atoms with van der Waals surface area (Å²) in [6.07, 6.45) is 1.48. The van der Waals surface area contributed by atoms with E-state index in [0.717, 1.165) is 0 Å². The lowest BCUT2D eigenvalue weighted by Crippen LogP contribution is -2.51. The van der Waals surface area contributed by atoms with Crippen molar-refractivity contribution in [2.24, 2.45) is 5.92 Å². The normalized spacial score (nSPS) is 20.2. The lowest BCUT2D eigenvalue weighted by Gasteiger charge is -2.33. The van der Waals surface area contributed by atoms with Gasteiger partial charge in [-0.25, -0.2) is 4.79 Å². The van der Waals surface area contributed by atoms with Crippen LogP contribution >= 0.6 is 0 Å². The van der Waals surface area contributed by atoms with Crippen LogP contribution in [0.1, 0.15) is 18.5 Å². The summed E-state index contributed by atoms with van der Waals surface area (Å²) in [6, 6.07) is 6.22. The van der Waals surface area contributed by atoms with Crippen molar-refractivity contribution in [2.75, 3.05) is 13.2 Å². The van der Waals surface area contributed by atoms with Crippen LogP contribution < -0.4 is 15.4 Å². The lowest BCUT2D eigenvalue weighted by atomic mass is 9.88. The molecule has 0 unspecified atom stereocenters. The zero-order valence-corrected chi connectivity index (χ0v) is 13.0. The SMILES string of the molecule is C=CCOC(=O)[C@H]1C(=C)NC(=O)N[C@@H]1c1ccccc1OCC. The molecule has 2 amide bonds. The Morgan fingerprint density at radius 2 is 2.13 bits per heavy atom. The first kappa shape index (κ1) is 16.6. The van der Waals surface area contributed by atoms with Crippen molar-refractivity contribution in [3.8, 4) is 5.75 Å². The number of hydrogen-bond acceptors (Lipinski definition) is 4. The van der Waals surface area contributed by atoms with Gasteiger partial charge >= 0.3 is 12.0 Å². The number of esters is 1. The Morgan fingerprint density at radius 1 is 1.39 bits per heavy atom. The van der Waals surface area contributed by atoms with Crippen molar-refractivity contribution in [1.82, 2.24) is 10.6 Å². The first-order chi connectivity index (χ1) is 11.1. The van der Waals surface area contributed by atoms with E-state index in [2.05, 4.69) is 23.8 Å². The topological polar surface area (TPSA) is 76.7 Å². The van der Waals surface area contributed by atoms with Crippen LogP contribution in [0.5, 0.6) is 5.75 Å². The Morgan fingerprint density at radius 3 is 2.83 bits per heavy atom. The maximum absolute atomic E-state index is 12.4. The number of amides is 2. The highest BCUT2D eigenvalue weighted by Crippen LogP contribution is 2.35. The molecule has 6 nitrogen and oxygen atoms in total. The van der Waals surface area contributed by atoms with Crippen LogP contribution in [0.4, 0.5) is 4.79 Å². The Balaban J connectivity index is 2.38. The van der Waals surface area contributed by atoms with Crippen LogP contribution in [0.15, 0.2) is 49.2 Å². The second kappa shape index (κ2) is 7.49. The molecule has 122 valence electrons. The Labute approximate surface area is 135 Å². The largest absolute Gasteiger partial charge is 0.494 e. The van der Waals surface area contributed by atoms with E-state index in [9.17, 15) is 9.59 Å². The van der Waals surface area contributed by atoms with Gasteiger partial charge < -0.3 is 20.1 Å². The van der Waals surface area contributed by atoms with E-state index in [1.165, 1.54) is 6.08 Å². The second-order valence-electron chi connectivity index (χ2n) is 4.97. The molecule has 1 aromatic carbocycles. The third-order valence-electron chi connectivity index (χ3n) is 3.42. The van der Waals surface area contributed by atoms with Gasteiger partial charge in [-0.3, -0.25) is 4.79 Å². The molecule has 1 aliphatic heterocycles. The van der Waals surface area contributed by atoms with Gasteiger partial charge in [0.2, 0.25) is 0 Å². The van der Waals surface area contributed by atoms with Gasteiger partial charge in [0.15, 0.2) is 0 Å². The number of rotatable bonds is 6. The minimum absolute atomic E-state index is 0.0936. The molecular formula is C17H20N2O4. The van der Waals surface area contributed by atoms with Crippen molar-refractivity contribution < 1.29 is 19.1 Å². The minimum atomic E-state index is -0.755. The second-order valence-corrected chi connectivity index (χ2v) is 4.97. The highest BCUT2D eigenvalue weighted by Gasteiger charge is 2.40. The zero-order valence-electron chi connectivity index (χ0n) is 13.0. The number of urea groups is 1. The quantitative estimate of drug-likeness (QED) is 0.623. The highest BCUT2D eigenvalue weighted by atomic mass is 16.5.